The molecule has 0 bridgehead atoms. The van der Waals surface area contributed by atoms with E-state index in [0.29, 0.717) is 0 Å². The molecule has 2 aliphatic rings. The van der Waals surface area contributed by atoms with Crippen molar-refractivity contribution in [3.8, 4) is 0 Å². The maximum Gasteiger partial charge on any atom is 0.219 e. The number of hydrogen-bond acceptors (Lipinski definition) is 2. The second-order valence-electron chi connectivity index (χ2n) is 3.93. The zero-order valence-corrected chi connectivity index (χ0v) is 7.55. The van der Waals surface area contributed by atoms with Crippen LogP contribution in [-0.2, 0) is 4.79 Å². The quantitative estimate of drug-likeness (QED) is 0.555. The molecule has 2 fully saturated rings. The number of nitrogens with one attached hydrogen (secondary N) is 1. The van der Waals surface area contributed by atoms with Gasteiger partial charge in [0.15, 0.2) is 0 Å². The van der Waals surface area contributed by atoms with E-state index in [2.05, 4.69) is 5.32 Å². The topological polar surface area (TPSA) is 32.3 Å². The lowest BCUT2D eigenvalue weighted by Gasteiger charge is -2.33. The molecule has 3 heteroatoms. The SMILES string of the molecule is CC(=O)N1CCC2CNCC2C1. The molecule has 1 amide bonds. The molecule has 0 saturated carbocycles. The third-order valence-electron chi connectivity index (χ3n) is 3.15. The zero-order chi connectivity index (χ0) is 8.55. The summed E-state index contributed by atoms with van der Waals surface area (Å²) in [5, 5.41) is 3.39. The van der Waals surface area contributed by atoms with Gasteiger partial charge in [0, 0.05) is 20.0 Å². The molecule has 2 rings (SSSR count). The van der Waals surface area contributed by atoms with E-state index < -0.39 is 0 Å². The van der Waals surface area contributed by atoms with Crippen LogP contribution in [0.15, 0.2) is 0 Å². The van der Waals surface area contributed by atoms with Gasteiger partial charge in [-0.05, 0) is 31.3 Å². The summed E-state index contributed by atoms with van der Waals surface area (Å²) in [6, 6.07) is 0. The molecular weight excluding hydrogens is 152 g/mol. The number of carbonyl (C=O) groups excluding carboxylic acids is 1. The van der Waals surface area contributed by atoms with Crippen LogP contribution in [0.2, 0.25) is 0 Å². The first-order chi connectivity index (χ1) is 5.77. The standard InChI is InChI=1S/C9H16N2O/c1-7(12)11-3-2-8-4-10-5-9(8)6-11/h8-10H,2-6H2,1H3. The van der Waals surface area contributed by atoms with E-state index in [1.165, 1.54) is 6.42 Å². The lowest BCUT2D eigenvalue weighted by atomic mass is 9.89. The van der Waals surface area contributed by atoms with Gasteiger partial charge in [-0.3, -0.25) is 4.79 Å². The number of nitrogens with zero attached hydrogens (tertiary/aromatic N) is 1. The third kappa shape index (κ3) is 1.33. The van der Waals surface area contributed by atoms with Crippen LogP contribution in [0.1, 0.15) is 13.3 Å². The zero-order valence-electron chi connectivity index (χ0n) is 7.55. The summed E-state index contributed by atoms with van der Waals surface area (Å²) in [6.07, 6.45) is 1.19. The summed E-state index contributed by atoms with van der Waals surface area (Å²) >= 11 is 0. The minimum absolute atomic E-state index is 0.236. The van der Waals surface area contributed by atoms with Gasteiger partial charge in [-0.15, -0.1) is 0 Å². The van der Waals surface area contributed by atoms with Gasteiger partial charge < -0.3 is 10.2 Å². The average Bonchev–Trinajstić information content (AvgIpc) is 2.49. The first-order valence-electron chi connectivity index (χ1n) is 4.73. The molecule has 2 saturated heterocycles. The van der Waals surface area contributed by atoms with Gasteiger partial charge >= 0.3 is 0 Å². The van der Waals surface area contributed by atoms with E-state index in [-0.39, 0.29) is 5.91 Å². The number of amides is 1. The summed E-state index contributed by atoms with van der Waals surface area (Å²) in [7, 11) is 0. The molecule has 0 aromatic carbocycles. The molecule has 0 radical (unpaired) electrons. The van der Waals surface area contributed by atoms with Crippen molar-refractivity contribution in [2.24, 2.45) is 11.8 Å². The fraction of sp³-hybridized carbons (Fsp3) is 0.889. The van der Waals surface area contributed by atoms with Crippen molar-refractivity contribution in [3.63, 3.8) is 0 Å². The molecule has 0 aliphatic carbocycles. The molecule has 3 nitrogen and oxygen atoms in total. The predicted octanol–water partition coefficient (Wildman–Crippen LogP) is 0.0742. The summed E-state index contributed by atoms with van der Waals surface area (Å²) in [5.74, 6) is 1.80. The van der Waals surface area contributed by atoms with Gasteiger partial charge in [0.2, 0.25) is 5.91 Å². The minimum atomic E-state index is 0.236. The van der Waals surface area contributed by atoms with E-state index in [9.17, 15) is 4.79 Å². The van der Waals surface area contributed by atoms with Gasteiger partial charge in [0.25, 0.3) is 0 Å². The largest absolute Gasteiger partial charge is 0.343 e. The molecule has 68 valence electrons. The first-order valence-corrected chi connectivity index (χ1v) is 4.73. The highest BCUT2D eigenvalue weighted by atomic mass is 16.2. The summed E-state index contributed by atoms with van der Waals surface area (Å²) in [6.45, 7) is 5.89. The van der Waals surface area contributed by atoms with Crippen LogP contribution in [0.25, 0.3) is 0 Å². The van der Waals surface area contributed by atoms with E-state index in [1.807, 2.05) is 4.90 Å². The van der Waals surface area contributed by atoms with Crippen LogP contribution in [0.4, 0.5) is 0 Å². The lowest BCUT2D eigenvalue weighted by Crippen LogP contribution is -2.42. The number of piperidine rings is 1. The molecule has 0 aromatic rings. The molecule has 12 heavy (non-hydrogen) atoms. The Morgan fingerprint density at radius 3 is 2.92 bits per heavy atom. The van der Waals surface area contributed by atoms with Crippen LogP contribution in [0.5, 0.6) is 0 Å². The fourth-order valence-corrected chi connectivity index (χ4v) is 2.32. The molecule has 2 unspecified atom stereocenters. The van der Waals surface area contributed by atoms with Gasteiger partial charge in [-0.1, -0.05) is 0 Å². The number of fused-ring (bicyclic) bond motifs is 1. The second-order valence-corrected chi connectivity index (χ2v) is 3.93. The van der Waals surface area contributed by atoms with E-state index in [1.54, 1.807) is 6.92 Å². The Bertz CT molecular complexity index is 193. The number of hydrogen-bond donors (Lipinski definition) is 1. The van der Waals surface area contributed by atoms with Crippen molar-refractivity contribution >= 4 is 5.91 Å². The van der Waals surface area contributed by atoms with Crippen LogP contribution < -0.4 is 5.32 Å². The summed E-state index contributed by atoms with van der Waals surface area (Å²) in [4.78, 5) is 13.1. The highest BCUT2D eigenvalue weighted by Gasteiger charge is 2.33. The summed E-state index contributed by atoms with van der Waals surface area (Å²) in [5.41, 5.74) is 0. The van der Waals surface area contributed by atoms with E-state index in [4.69, 9.17) is 0 Å². The van der Waals surface area contributed by atoms with Crippen LogP contribution >= 0.6 is 0 Å². The Labute approximate surface area is 73.1 Å². The van der Waals surface area contributed by atoms with Crippen molar-refractivity contribution in [3.05, 3.63) is 0 Å². The van der Waals surface area contributed by atoms with Gasteiger partial charge in [-0.25, -0.2) is 0 Å². The molecule has 2 aliphatic heterocycles. The molecule has 0 aromatic heterocycles. The maximum atomic E-state index is 11.1. The fourth-order valence-electron chi connectivity index (χ4n) is 2.32. The van der Waals surface area contributed by atoms with Crippen molar-refractivity contribution in [1.82, 2.24) is 10.2 Å². The smallest absolute Gasteiger partial charge is 0.219 e. The second kappa shape index (κ2) is 3.05. The van der Waals surface area contributed by atoms with Crippen molar-refractivity contribution < 1.29 is 4.79 Å². The van der Waals surface area contributed by atoms with Crippen LogP contribution in [0.3, 0.4) is 0 Å². The summed E-state index contributed by atoms with van der Waals surface area (Å²) < 4.78 is 0. The molecule has 1 N–H and O–H groups in total. The lowest BCUT2D eigenvalue weighted by molar-refractivity contribution is -0.130. The Morgan fingerprint density at radius 2 is 2.17 bits per heavy atom. The monoisotopic (exact) mass is 168 g/mol. The number of rotatable bonds is 0. The molecular formula is C9H16N2O. The van der Waals surface area contributed by atoms with E-state index >= 15 is 0 Å². The highest BCUT2D eigenvalue weighted by Crippen LogP contribution is 2.26. The normalized spacial score (nSPS) is 34.9. The highest BCUT2D eigenvalue weighted by molar-refractivity contribution is 5.73. The molecule has 2 atom stereocenters. The predicted molar refractivity (Wildman–Crippen MR) is 46.7 cm³/mol. The number of likely N-dealkylation sites (tertiary alicyclic amines) is 1. The average molecular weight is 168 g/mol. The first kappa shape index (κ1) is 8.05. The Hall–Kier alpha value is -0.570. The van der Waals surface area contributed by atoms with Crippen molar-refractivity contribution in [2.75, 3.05) is 26.2 Å². The number of carbonyl (C=O) groups is 1. The van der Waals surface area contributed by atoms with Gasteiger partial charge in [0.05, 0.1) is 0 Å². The maximum absolute atomic E-state index is 11.1. The van der Waals surface area contributed by atoms with Gasteiger partial charge in [0.1, 0.15) is 0 Å². The third-order valence-corrected chi connectivity index (χ3v) is 3.15. The molecule has 2 heterocycles. The van der Waals surface area contributed by atoms with E-state index in [0.717, 1.165) is 38.0 Å². The molecule has 0 spiro atoms. The van der Waals surface area contributed by atoms with Gasteiger partial charge in [-0.2, -0.15) is 0 Å². The van der Waals surface area contributed by atoms with Crippen LogP contribution in [-0.4, -0.2) is 37.0 Å². The van der Waals surface area contributed by atoms with Crippen molar-refractivity contribution in [2.45, 2.75) is 13.3 Å². The minimum Gasteiger partial charge on any atom is -0.343 e. The van der Waals surface area contributed by atoms with Crippen LogP contribution in [0, 0.1) is 11.8 Å². The Morgan fingerprint density at radius 1 is 1.42 bits per heavy atom. The Kier molecular flexibility index (Phi) is 2.05. The Balaban J connectivity index is 1.96. The van der Waals surface area contributed by atoms with Crippen molar-refractivity contribution in [1.29, 1.82) is 0 Å².